The molecular formula is C19H22N4O4S2. The van der Waals surface area contributed by atoms with Gasteiger partial charge in [-0.1, -0.05) is 23.9 Å². The molecule has 1 aromatic heterocycles. The zero-order valence-corrected chi connectivity index (χ0v) is 17.8. The summed E-state index contributed by atoms with van der Waals surface area (Å²) in [6.07, 6.45) is 0.525. The molecule has 2 heterocycles. The number of anilines is 1. The van der Waals surface area contributed by atoms with E-state index in [0.717, 1.165) is 21.8 Å². The second-order valence-electron chi connectivity index (χ2n) is 6.79. The second kappa shape index (κ2) is 8.52. The van der Waals surface area contributed by atoms with Crippen LogP contribution in [0.3, 0.4) is 0 Å². The summed E-state index contributed by atoms with van der Waals surface area (Å²) in [4.78, 5) is 30.8. The van der Waals surface area contributed by atoms with Gasteiger partial charge in [-0.3, -0.25) is 14.5 Å². The van der Waals surface area contributed by atoms with E-state index < -0.39 is 10.0 Å². The predicted molar refractivity (Wildman–Crippen MR) is 111 cm³/mol. The SMILES string of the molecule is Cc1cc(C)c2c(n1)SCC(=O)N2CC(=O)NCCc1ccc(S(N)(=O)=O)cc1. The lowest BCUT2D eigenvalue weighted by Crippen LogP contribution is -2.44. The maximum absolute atomic E-state index is 12.4. The fraction of sp³-hybridized carbons (Fsp3) is 0.316. The van der Waals surface area contributed by atoms with Crippen molar-refractivity contribution in [1.82, 2.24) is 10.3 Å². The molecule has 0 aliphatic carbocycles. The first-order valence-corrected chi connectivity index (χ1v) is 11.5. The van der Waals surface area contributed by atoms with E-state index in [-0.39, 0.29) is 29.0 Å². The number of pyridine rings is 1. The van der Waals surface area contributed by atoms with Gasteiger partial charge in [-0.15, -0.1) is 0 Å². The number of benzene rings is 1. The quantitative estimate of drug-likeness (QED) is 0.703. The maximum atomic E-state index is 12.4. The number of aromatic nitrogens is 1. The van der Waals surface area contributed by atoms with Crippen molar-refractivity contribution < 1.29 is 18.0 Å². The summed E-state index contributed by atoms with van der Waals surface area (Å²) in [6.45, 7) is 4.10. The van der Waals surface area contributed by atoms with E-state index in [9.17, 15) is 18.0 Å². The summed E-state index contributed by atoms with van der Waals surface area (Å²) in [5.74, 6) is -0.130. The molecule has 0 fully saturated rings. The Balaban J connectivity index is 1.60. The van der Waals surface area contributed by atoms with Crippen molar-refractivity contribution in [3.8, 4) is 0 Å². The van der Waals surface area contributed by atoms with Gasteiger partial charge in [0, 0.05) is 12.2 Å². The van der Waals surface area contributed by atoms with Gasteiger partial charge in [-0.05, 0) is 49.6 Å². The summed E-state index contributed by atoms with van der Waals surface area (Å²) in [5, 5.41) is 8.65. The molecule has 3 N–H and O–H groups in total. The number of carbonyl (C=O) groups is 2. The largest absolute Gasteiger partial charge is 0.354 e. The highest BCUT2D eigenvalue weighted by Crippen LogP contribution is 2.36. The average Bonchev–Trinajstić information content (AvgIpc) is 2.63. The van der Waals surface area contributed by atoms with Crippen LogP contribution in [0.25, 0.3) is 0 Å². The van der Waals surface area contributed by atoms with Gasteiger partial charge in [-0.2, -0.15) is 0 Å². The van der Waals surface area contributed by atoms with E-state index in [1.54, 1.807) is 12.1 Å². The van der Waals surface area contributed by atoms with E-state index in [0.29, 0.717) is 18.7 Å². The number of rotatable bonds is 6. The monoisotopic (exact) mass is 434 g/mol. The fourth-order valence-corrected chi connectivity index (χ4v) is 4.66. The molecule has 0 radical (unpaired) electrons. The number of nitrogens with two attached hydrogens (primary N) is 1. The Bertz CT molecular complexity index is 1050. The molecule has 0 unspecified atom stereocenters. The predicted octanol–water partition coefficient (Wildman–Crippen LogP) is 1.14. The summed E-state index contributed by atoms with van der Waals surface area (Å²) in [5.41, 5.74) is 3.35. The van der Waals surface area contributed by atoms with E-state index in [4.69, 9.17) is 5.14 Å². The smallest absolute Gasteiger partial charge is 0.240 e. The number of hydrogen-bond acceptors (Lipinski definition) is 6. The van der Waals surface area contributed by atoms with E-state index in [2.05, 4.69) is 10.3 Å². The first-order chi connectivity index (χ1) is 13.6. The standard InChI is InChI=1S/C19H22N4O4S2/c1-12-9-13(2)22-19-18(12)23(17(25)11-28-19)10-16(24)21-8-7-14-3-5-15(6-4-14)29(20,26)27/h3-6,9H,7-8,10-11H2,1-2H3,(H,21,24)(H2,20,26,27). The van der Waals surface area contributed by atoms with Crippen molar-refractivity contribution in [1.29, 1.82) is 0 Å². The van der Waals surface area contributed by atoms with Gasteiger partial charge >= 0.3 is 0 Å². The van der Waals surface area contributed by atoms with E-state index in [1.807, 2.05) is 19.9 Å². The molecule has 0 saturated carbocycles. The minimum absolute atomic E-state index is 0.0460. The summed E-state index contributed by atoms with van der Waals surface area (Å²) < 4.78 is 22.6. The molecule has 10 heteroatoms. The van der Waals surface area contributed by atoms with Crippen molar-refractivity contribution in [3.63, 3.8) is 0 Å². The number of amides is 2. The summed E-state index contributed by atoms with van der Waals surface area (Å²) in [6, 6.07) is 8.08. The average molecular weight is 435 g/mol. The van der Waals surface area contributed by atoms with Crippen LogP contribution >= 0.6 is 11.8 Å². The minimum Gasteiger partial charge on any atom is -0.354 e. The Morgan fingerprint density at radius 1 is 1.28 bits per heavy atom. The third-order valence-electron chi connectivity index (χ3n) is 4.47. The number of aryl methyl sites for hydroxylation is 2. The summed E-state index contributed by atoms with van der Waals surface area (Å²) in [7, 11) is -3.72. The van der Waals surface area contributed by atoms with Crippen LogP contribution in [0, 0.1) is 13.8 Å². The third-order valence-corrected chi connectivity index (χ3v) is 6.35. The number of primary sulfonamides is 1. The van der Waals surface area contributed by atoms with Crippen LogP contribution in [0.5, 0.6) is 0 Å². The van der Waals surface area contributed by atoms with Crippen molar-refractivity contribution in [2.75, 3.05) is 23.7 Å². The van der Waals surface area contributed by atoms with Gasteiger partial charge in [-0.25, -0.2) is 18.5 Å². The topological polar surface area (TPSA) is 122 Å². The lowest BCUT2D eigenvalue weighted by molar-refractivity contribution is -0.122. The molecule has 3 rings (SSSR count). The van der Waals surface area contributed by atoms with Gasteiger partial charge in [0.1, 0.15) is 11.6 Å². The van der Waals surface area contributed by atoms with Gasteiger partial charge in [0.05, 0.1) is 16.3 Å². The Morgan fingerprint density at radius 3 is 2.62 bits per heavy atom. The molecule has 8 nitrogen and oxygen atoms in total. The first kappa shape index (κ1) is 21.3. The highest BCUT2D eigenvalue weighted by atomic mass is 32.2. The molecule has 2 aromatic rings. The minimum atomic E-state index is -3.72. The zero-order chi connectivity index (χ0) is 21.2. The van der Waals surface area contributed by atoms with Gasteiger partial charge < -0.3 is 5.32 Å². The van der Waals surface area contributed by atoms with Crippen LogP contribution in [-0.4, -0.2) is 44.1 Å². The van der Waals surface area contributed by atoms with Crippen molar-refractivity contribution >= 4 is 39.3 Å². The van der Waals surface area contributed by atoms with Gasteiger partial charge in [0.15, 0.2) is 0 Å². The summed E-state index contributed by atoms with van der Waals surface area (Å²) >= 11 is 1.39. The molecule has 1 aliphatic rings. The molecule has 0 spiro atoms. The Labute approximate surface area is 173 Å². The molecule has 0 atom stereocenters. The highest BCUT2D eigenvalue weighted by Gasteiger charge is 2.29. The van der Waals surface area contributed by atoms with Crippen LogP contribution in [-0.2, 0) is 26.0 Å². The highest BCUT2D eigenvalue weighted by molar-refractivity contribution is 8.00. The van der Waals surface area contributed by atoms with E-state index >= 15 is 0 Å². The number of fused-ring (bicyclic) bond motifs is 1. The molecule has 1 aliphatic heterocycles. The van der Waals surface area contributed by atoms with Crippen molar-refractivity contribution in [3.05, 3.63) is 47.2 Å². The molecular weight excluding hydrogens is 412 g/mol. The van der Waals surface area contributed by atoms with Crippen LogP contribution in [0.1, 0.15) is 16.8 Å². The number of carbonyl (C=O) groups excluding carboxylic acids is 2. The van der Waals surface area contributed by atoms with Crippen molar-refractivity contribution in [2.24, 2.45) is 5.14 Å². The Morgan fingerprint density at radius 2 is 1.97 bits per heavy atom. The lowest BCUT2D eigenvalue weighted by Gasteiger charge is -2.29. The number of sulfonamides is 1. The van der Waals surface area contributed by atoms with Crippen molar-refractivity contribution in [2.45, 2.75) is 30.2 Å². The molecule has 154 valence electrons. The Hall–Kier alpha value is -2.43. The van der Waals surface area contributed by atoms with E-state index in [1.165, 1.54) is 28.8 Å². The fourth-order valence-electron chi connectivity index (χ4n) is 3.12. The van der Waals surface area contributed by atoms with Crippen LogP contribution in [0.15, 0.2) is 40.3 Å². The molecule has 29 heavy (non-hydrogen) atoms. The van der Waals surface area contributed by atoms with Gasteiger partial charge in [0.25, 0.3) is 0 Å². The molecule has 0 saturated heterocycles. The number of nitrogens with one attached hydrogen (secondary N) is 1. The Kier molecular flexibility index (Phi) is 6.25. The second-order valence-corrected chi connectivity index (χ2v) is 9.32. The molecule has 0 bridgehead atoms. The number of nitrogens with zero attached hydrogens (tertiary/aromatic N) is 2. The number of thioether (sulfide) groups is 1. The third kappa shape index (κ3) is 5.14. The first-order valence-electron chi connectivity index (χ1n) is 8.95. The lowest BCUT2D eigenvalue weighted by atomic mass is 10.1. The molecule has 2 amide bonds. The normalized spacial score (nSPS) is 13.9. The van der Waals surface area contributed by atoms with Crippen LogP contribution in [0.2, 0.25) is 0 Å². The van der Waals surface area contributed by atoms with Gasteiger partial charge in [0.2, 0.25) is 21.8 Å². The zero-order valence-electron chi connectivity index (χ0n) is 16.1. The number of hydrogen-bond donors (Lipinski definition) is 2. The van der Waals surface area contributed by atoms with Crippen LogP contribution < -0.4 is 15.4 Å². The maximum Gasteiger partial charge on any atom is 0.240 e. The van der Waals surface area contributed by atoms with Crippen LogP contribution in [0.4, 0.5) is 5.69 Å². The molecule has 1 aromatic carbocycles.